The monoisotopic (exact) mass is 318 g/mol. The van der Waals surface area contributed by atoms with Gasteiger partial charge in [0.25, 0.3) is 0 Å². The van der Waals surface area contributed by atoms with Gasteiger partial charge in [0.15, 0.2) is 0 Å². The van der Waals surface area contributed by atoms with Crippen molar-refractivity contribution in [3.8, 4) is 0 Å². The van der Waals surface area contributed by atoms with Crippen molar-refractivity contribution in [3.05, 3.63) is 64.4 Å². The Balaban J connectivity index is 1.90. The predicted octanol–water partition coefficient (Wildman–Crippen LogP) is 3.61. The minimum absolute atomic E-state index is 0.502. The summed E-state index contributed by atoms with van der Waals surface area (Å²) in [6, 6.07) is 13.2. The van der Waals surface area contributed by atoms with Gasteiger partial charge in [-0.1, -0.05) is 28.1 Å². The number of aryl methyl sites for hydroxylation is 1. The Bertz CT molecular complexity index is 499. The third-order valence-corrected chi connectivity index (χ3v) is 3.80. The maximum Gasteiger partial charge on any atom is 0.0270 e. The van der Waals surface area contributed by atoms with Crippen LogP contribution in [-0.4, -0.2) is 18.1 Å². The van der Waals surface area contributed by atoms with Crippen LogP contribution in [0.4, 0.5) is 0 Å². The standard InChI is InChI=1S/C16H19BrN2/c1-18-16(6-5-13-7-9-19-10-8-13)12-14-3-2-4-15(17)11-14/h2-4,7-11,16,18H,5-6,12H2,1H3. The van der Waals surface area contributed by atoms with Crippen molar-refractivity contribution in [2.45, 2.75) is 25.3 Å². The third kappa shape index (κ3) is 4.77. The fourth-order valence-electron chi connectivity index (χ4n) is 2.19. The first-order valence-corrected chi connectivity index (χ1v) is 7.38. The minimum atomic E-state index is 0.502. The predicted molar refractivity (Wildman–Crippen MR) is 83.3 cm³/mol. The molecule has 0 aliphatic carbocycles. The van der Waals surface area contributed by atoms with Gasteiger partial charge >= 0.3 is 0 Å². The summed E-state index contributed by atoms with van der Waals surface area (Å²) in [6.45, 7) is 0. The highest BCUT2D eigenvalue weighted by Gasteiger charge is 2.07. The maximum absolute atomic E-state index is 4.05. The number of hydrogen-bond acceptors (Lipinski definition) is 2. The zero-order chi connectivity index (χ0) is 13.5. The summed E-state index contributed by atoms with van der Waals surface area (Å²) in [7, 11) is 2.04. The molecule has 2 aromatic rings. The SMILES string of the molecule is CNC(CCc1ccncc1)Cc1cccc(Br)c1. The molecular formula is C16H19BrN2. The van der Waals surface area contributed by atoms with Crippen LogP contribution in [0.2, 0.25) is 0 Å². The van der Waals surface area contributed by atoms with E-state index in [9.17, 15) is 0 Å². The Labute approximate surface area is 123 Å². The molecule has 1 unspecified atom stereocenters. The number of nitrogens with one attached hydrogen (secondary N) is 1. The molecule has 1 N–H and O–H groups in total. The molecule has 2 nitrogen and oxygen atoms in total. The number of rotatable bonds is 6. The normalized spacial score (nSPS) is 12.3. The summed E-state index contributed by atoms with van der Waals surface area (Å²) in [5, 5.41) is 3.41. The van der Waals surface area contributed by atoms with Gasteiger partial charge in [0.2, 0.25) is 0 Å². The van der Waals surface area contributed by atoms with Gasteiger partial charge in [-0.05, 0) is 61.7 Å². The summed E-state index contributed by atoms with van der Waals surface area (Å²) >= 11 is 3.52. The zero-order valence-corrected chi connectivity index (χ0v) is 12.7. The van der Waals surface area contributed by atoms with Crippen LogP contribution in [0.15, 0.2) is 53.3 Å². The lowest BCUT2D eigenvalue weighted by molar-refractivity contribution is 0.520. The number of benzene rings is 1. The van der Waals surface area contributed by atoms with E-state index in [0.717, 1.165) is 23.7 Å². The molecular weight excluding hydrogens is 300 g/mol. The average Bonchev–Trinajstić information content (AvgIpc) is 2.44. The van der Waals surface area contributed by atoms with E-state index < -0.39 is 0 Å². The van der Waals surface area contributed by atoms with Crippen LogP contribution in [0.3, 0.4) is 0 Å². The second kappa shape index (κ2) is 7.41. The first-order valence-electron chi connectivity index (χ1n) is 6.58. The highest BCUT2D eigenvalue weighted by Crippen LogP contribution is 2.15. The van der Waals surface area contributed by atoms with Crippen molar-refractivity contribution in [1.29, 1.82) is 0 Å². The first kappa shape index (κ1) is 14.2. The molecule has 1 atom stereocenters. The van der Waals surface area contributed by atoms with Gasteiger partial charge in [-0.25, -0.2) is 0 Å². The minimum Gasteiger partial charge on any atom is -0.317 e. The van der Waals surface area contributed by atoms with Gasteiger partial charge in [0, 0.05) is 22.9 Å². The van der Waals surface area contributed by atoms with Crippen LogP contribution >= 0.6 is 15.9 Å². The Hall–Kier alpha value is -1.19. The van der Waals surface area contributed by atoms with E-state index in [0.29, 0.717) is 6.04 Å². The van der Waals surface area contributed by atoms with Crippen LogP contribution < -0.4 is 5.32 Å². The Kier molecular flexibility index (Phi) is 5.55. The van der Waals surface area contributed by atoms with Crippen molar-refractivity contribution in [2.24, 2.45) is 0 Å². The van der Waals surface area contributed by atoms with E-state index >= 15 is 0 Å². The van der Waals surface area contributed by atoms with E-state index in [2.05, 4.69) is 62.6 Å². The lowest BCUT2D eigenvalue weighted by Gasteiger charge is -2.16. The summed E-state index contributed by atoms with van der Waals surface area (Å²) in [5.41, 5.74) is 2.72. The largest absolute Gasteiger partial charge is 0.317 e. The molecule has 0 aliphatic rings. The highest BCUT2D eigenvalue weighted by molar-refractivity contribution is 9.10. The van der Waals surface area contributed by atoms with E-state index in [1.54, 1.807) is 0 Å². The molecule has 0 aliphatic heterocycles. The van der Waals surface area contributed by atoms with E-state index in [1.165, 1.54) is 11.1 Å². The number of aromatic nitrogens is 1. The average molecular weight is 319 g/mol. The maximum atomic E-state index is 4.05. The Morgan fingerprint density at radius 3 is 2.63 bits per heavy atom. The van der Waals surface area contributed by atoms with Crippen LogP contribution in [0, 0.1) is 0 Å². The van der Waals surface area contributed by atoms with Crippen LogP contribution in [0.25, 0.3) is 0 Å². The van der Waals surface area contributed by atoms with Crippen molar-refractivity contribution < 1.29 is 0 Å². The van der Waals surface area contributed by atoms with Gasteiger partial charge in [0.1, 0.15) is 0 Å². The molecule has 0 bridgehead atoms. The fraction of sp³-hybridized carbons (Fsp3) is 0.312. The molecule has 3 heteroatoms. The molecule has 0 fully saturated rings. The molecule has 0 amide bonds. The van der Waals surface area contributed by atoms with Gasteiger partial charge < -0.3 is 5.32 Å². The van der Waals surface area contributed by atoms with Crippen molar-refractivity contribution in [3.63, 3.8) is 0 Å². The fourth-order valence-corrected chi connectivity index (χ4v) is 2.63. The number of halogens is 1. The number of pyridine rings is 1. The summed E-state index contributed by atoms with van der Waals surface area (Å²) in [5.74, 6) is 0. The second-order valence-electron chi connectivity index (χ2n) is 4.71. The van der Waals surface area contributed by atoms with Gasteiger partial charge in [-0.15, -0.1) is 0 Å². The molecule has 0 saturated heterocycles. The number of likely N-dealkylation sites (N-methyl/N-ethyl adjacent to an activating group) is 1. The van der Waals surface area contributed by atoms with Crippen LogP contribution in [0.5, 0.6) is 0 Å². The molecule has 19 heavy (non-hydrogen) atoms. The summed E-state index contributed by atoms with van der Waals surface area (Å²) < 4.78 is 1.15. The number of hydrogen-bond donors (Lipinski definition) is 1. The second-order valence-corrected chi connectivity index (χ2v) is 5.63. The van der Waals surface area contributed by atoms with Gasteiger partial charge in [-0.2, -0.15) is 0 Å². The Morgan fingerprint density at radius 1 is 1.16 bits per heavy atom. The van der Waals surface area contributed by atoms with E-state index in [4.69, 9.17) is 0 Å². The molecule has 100 valence electrons. The quantitative estimate of drug-likeness (QED) is 0.880. The zero-order valence-electron chi connectivity index (χ0n) is 11.1. The smallest absolute Gasteiger partial charge is 0.0270 e. The molecule has 0 saturated carbocycles. The summed E-state index contributed by atoms with van der Waals surface area (Å²) in [6.07, 6.45) is 6.99. The molecule has 1 aromatic carbocycles. The molecule has 0 radical (unpaired) electrons. The number of nitrogens with zero attached hydrogens (tertiary/aromatic N) is 1. The van der Waals surface area contributed by atoms with Gasteiger partial charge in [-0.3, -0.25) is 4.98 Å². The third-order valence-electron chi connectivity index (χ3n) is 3.31. The molecule has 1 heterocycles. The van der Waals surface area contributed by atoms with Crippen molar-refractivity contribution in [2.75, 3.05) is 7.05 Å². The van der Waals surface area contributed by atoms with Crippen molar-refractivity contribution >= 4 is 15.9 Å². The molecule has 1 aromatic heterocycles. The Morgan fingerprint density at radius 2 is 1.95 bits per heavy atom. The topological polar surface area (TPSA) is 24.9 Å². The van der Waals surface area contributed by atoms with E-state index in [1.807, 2.05) is 19.4 Å². The van der Waals surface area contributed by atoms with E-state index in [-0.39, 0.29) is 0 Å². The molecule has 0 spiro atoms. The molecule has 2 rings (SSSR count). The highest BCUT2D eigenvalue weighted by atomic mass is 79.9. The van der Waals surface area contributed by atoms with Crippen molar-refractivity contribution in [1.82, 2.24) is 10.3 Å². The first-order chi connectivity index (χ1) is 9.28. The van der Waals surface area contributed by atoms with Crippen LogP contribution in [0.1, 0.15) is 17.5 Å². The van der Waals surface area contributed by atoms with Gasteiger partial charge in [0.05, 0.1) is 0 Å². The van der Waals surface area contributed by atoms with Crippen LogP contribution in [-0.2, 0) is 12.8 Å². The lowest BCUT2D eigenvalue weighted by atomic mass is 10.00. The summed E-state index contributed by atoms with van der Waals surface area (Å²) in [4.78, 5) is 4.05. The lowest BCUT2D eigenvalue weighted by Crippen LogP contribution is -2.28.